The molecule has 2 aromatic rings. The predicted octanol–water partition coefficient (Wildman–Crippen LogP) is 4.12. The summed E-state index contributed by atoms with van der Waals surface area (Å²) < 4.78 is 11.6. The molecule has 2 N–H and O–H groups in total. The summed E-state index contributed by atoms with van der Waals surface area (Å²) in [4.78, 5) is 0. The summed E-state index contributed by atoms with van der Waals surface area (Å²) in [5, 5.41) is 0. The zero-order valence-electron chi connectivity index (χ0n) is 14.3. The molecule has 3 nitrogen and oxygen atoms in total. The van der Waals surface area contributed by atoms with Gasteiger partial charge in [0.05, 0.1) is 6.10 Å². The summed E-state index contributed by atoms with van der Waals surface area (Å²) in [7, 11) is 0. The molecule has 0 unspecified atom stereocenters. The van der Waals surface area contributed by atoms with Gasteiger partial charge in [0.25, 0.3) is 0 Å². The molecule has 0 aromatic heterocycles. The Kier molecular flexibility index (Phi) is 6.48. The average Bonchev–Trinajstić information content (AvgIpc) is 2.55. The average molecular weight is 313 g/mol. The van der Waals surface area contributed by atoms with Crippen LogP contribution in [0.3, 0.4) is 0 Å². The monoisotopic (exact) mass is 313 g/mol. The highest BCUT2D eigenvalue weighted by molar-refractivity contribution is 5.48. The minimum atomic E-state index is 0.129. The lowest BCUT2D eigenvalue weighted by atomic mass is 10.0. The van der Waals surface area contributed by atoms with Crippen molar-refractivity contribution in [3.8, 4) is 11.5 Å². The maximum Gasteiger partial charge on any atom is 0.164 e. The van der Waals surface area contributed by atoms with Gasteiger partial charge in [-0.3, -0.25) is 0 Å². The van der Waals surface area contributed by atoms with Crippen LogP contribution in [-0.2, 0) is 6.42 Å². The summed E-state index contributed by atoms with van der Waals surface area (Å²) >= 11 is 0. The fraction of sp³-hybridized carbons (Fsp3) is 0.400. The second-order valence-corrected chi connectivity index (χ2v) is 6.08. The van der Waals surface area contributed by atoms with E-state index in [-0.39, 0.29) is 12.2 Å². The summed E-state index contributed by atoms with van der Waals surface area (Å²) in [6.07, 6.45) is 2.30. The Morgan fingerprint density at radius 3 is 2.43 bits per heavy atom. The summed E-state index contributed by atoms with van der Waals surface area (Å²) in [6.45, 7) is 6.68. The molecule has 0 bridgehead atoms. The maximum absolute atomic E-state index is 5.86. The minimum absolute atomic E-state index is 0.129. The smallest absolute Gasteiger partial charge is 0.164 e. The molecule has 0 radical (unpaired) electrons. The van der Waals surface area contributed by atoms with Crippen molar-refractivity contribution in [1.82, 2.24) is 0 Å². The van der Waals surface area contributed by atoms with Crippen LogP contribution in [0.5, 0.6) is 11.5 Å². The van der Waals surface area contributed by atoms with Gasteiger partial charge in [-0.05, 0) is 45.2 Å². The van der Waals surface area contributed by atoms with E-state index in [0.717, 1.165) is 24.3 Å². The molecule has 0 fully saturated rings. The second kappa shape index (κ2) is 8.59. The molecule has 0 saturated heterocycles. The van der Waals surface area contributed by atoms with Crippen LogP contribution in [-0.4, -0.2) is 18.8 Å². The van der Waals surface area contributed by atoms with Crippen LogP contribution in [0.25, 0.3) is 0 Å². The van der Waals surface area contributed by atoms with Gasteiger partial charge in [0.1, 0.15) is 6.10 Å². The van der Waals surface area contributed by atoms with Crippen molar-refractivity contribution in [3.05, 3.63) is 59.7 Å². The fourth-order valence-corrected chi connectivity index (χ4v) is 2.48. The molecule has 0 spiro atoms. The van der Waals surface area contributed by atoms with Crippen molar-refractivity contribution >= 4 is 0 Å². The van der Waals surface area contributed by atoms with Crippen molar-refractivity contribution in [2.45, 2.75) is 45.8 Å². The number of aryl methyl sites for hydroxylation is 2. The molecule has 3 heteroatoms. The van der Waals surface area contributed by atoms with E-state index in [9.17, 15) is 0 Å². The first kappa shape index (κ1) is 17.4. The lowest BCUT2D eigenvalue weighted by Crippen LogP contribution is -2.30. The SMILES string of the molecule is CC(C)Oc1cccc2c1O[C@@H](CN)CC2.Cc1ccccc1. The summed E-state index contributed by atoms with van der Waals surface area (Å²) in [5.74, 6) is 1.73. The van der Waals surface area contributed by atoms with Gasteiger partial charge in [-0.15, -0.1) is 0 Å². The van der Waals surface area contributed by atoms with Crippen molar-refractivity contribution in [2.24, 2.45) is 5.73 Å². The maximum atomic E-state index is 5.86. The molecular formula is C20H27NO2. The number of hydrogen-bond acceptors (Lipinski definition) is 3. The van der Waals surface area contributed by atoms with Gasteiger partial charge in [-0.25, -0.2) is 0 Å². The molecule has 0 amide bonds. The molecule has 124 valence electrons. The highest BCUT2D eigenvalue weighted by atomic mass is 16.5. The highest BCUT2D eigenvalue weighted by Gasteiger charge is 2.22. The summed E-state index contributed by atoms with van der Waals surface area (Å²) in [6, 6.07) is 16.3. The van der Waals surface area contributed by atoms with Gasteiger partial charge in [-0.1, -0.05) is 48.0 Å². The van der Waals surface area contributed by atoms with Crippen LogP contribution >= 0.6 is 0 Å². The van der Waals surface area contributed by atoms with Crippen LogP contribution in [0.15, 0.2) is 48.5 Å². The lowest BCUT2D eigenvalue weighted by molar-refractivity contribution is 0.160. The zero-order chi connectivity index (χ0) is 16.7. The van der Waals surface area contributed by atoms with Crippen molar-refractivity contribution in [2.75, 3.05) is 6.54 Å². The van der Waals surface area contributed by atoms with Gasteiger partial charge >= 0.3 is 0 Å². The number of nitrogens with two attached hydrogens (primary N) is 1. The number of para-hydroxylation sites is 1. The first-order valence-corrected chi connectivity index (χ1v) is 8.27. The Bertz CT molecular complexity index is 596. The lowest BCUT2D eigenvalue weighted by Gasteiger charge is -2.27. The van der Waals surface area contributed by atoms with Crippen LogP contribution in [0.1, 0.15) is 31.4 Å². The van der Waals surface area contributed by atoms with E-state index in [4.69, 9.17) is 15.2 Å². The highest BCUT2D eigenvalue weighted by Crippen LogP contribution is 2.36. The molecule has 2 aromatic carbocycles. The van der Waals surface area contributed by atoms with Gasteiger partial charge < -0.3 is 15.2 Å². The van der Waals surface area contributed by atoms with Gasteiger partial charge in [-0.2, -0.15) is 0 Å². The minimum Gasteiger partial charge on any atom is -0.487 e. The van der Waals surface area contributed by atoms with Crippen LogP contribution in [0, 0.1) is 6.92 Å². The number of rotatable bonds is 3. The molecule has 1 aliphatic heterocycles. The number of benzene rings is 2. The van der Waals surface area contributed by atoms with Crippen LogP contribution in [0.4, 0.5) is 0 Å². The second-order valence-electron chi connectivity index (χ2n) is 6.08. The van der Waals surface area contributed by atoms with Gasteiger partial charge in [0.15, 0.2) is 11.5 Å². The summed E-state index contributed by atoms with van der Waals surface area (Å²) in [5.41, 5.74) is 8.19. The van der Waals surface area contributed by atoms with Crippen LogP contribution in [0.2, 0.25) is 0 Å². The van der Waals surface area contributed by atoms with E-state index in [1.807, 2.05) is 44.2 Å². The van der Waals surface area contributed by atoms with Crippen molar-refractivity contribution in [3.63, 3.8) is 0 Å². The van der Waals surface area contributed by atoms with E-state index in [1.165, 1.54) is 11.1 Å². The number of ether oxygens (including phenoxy) is 2. The number of fused-ring (bicyclic) bond motifs is 1. The molecule has 1 heterocycles. The Morgan fingerprint density at radius 1 is 1.13 bits per heavy atom. The molecule has 1 atom stereocenters. The Labute approximate surface area is 139 Å². The van der Waals surface area contributed by atoms with E-state index in [0.29, 0.717) is 6.54 Å². The third-order valence-corrected chi connectivity index (χ3v) is 3.65. The molecule has 23 heavy (non-hydrogen) atoms. The van der Waals surface area contributed by atoms with Crippen LogP contribution < -0.4 is 15.2 Å². The Morgan fingerprint density at radius 2 is 1.87 bits per heavy atom. The van der Waals surface area contributed by atoms with E-state index in [1.54, 1.807) is 0 Å². The third-order valence-electron chi connectivity index (χ3n) is 3.65. The first-order valence-electron chi connectivity index (χ1n) is 8.27. The topological polar surface area (TPSA) is 44.5 Å². The first-order chi connectivity index (χ1) is 11.1. The van der Waals surface area contributed by atoms with E-state index >= 15 is 0 Å². The molecule has 1 aliphatic rings. The quantitative estimate of drug-likeness (QED) is 0.927. The standard InChI is InChI=1S/C13H19NO2.C7H8/c1-9(2)15-12-5-3-4-10-6-7-11(8-14)16-13(10)12;1-7-5-3-2-4-6-7/h3-5,9,11H,6-8,14H2,1-2H3;2-6H,1H3/t11-;/m1./s1. The van der Waals surface area contributed by atoms with E-state index < -0.39 is 0 Å². The third kappa shape index (κ3) is 5.29. The predicted molar refractivity (Wildman–Crippen MR) is 95.2 cm³/mol. The van der Waals surface area contributed by atoms with Crippen molar-refractivity contribution < 1.29 is 9.47 Å². The zero-order valence-corrected chi connectivity index (χ0v) is 14.3. The normalized spacial score (nSPS) is 16.0. The largest absolute Gasteiger partial charge is 0.487 e. The molecular weight excluding hydrogens is 286 g/mol. The Hall–Kier alpha value is -2.00. The number of hydrogen-bond donors (Lipinski definition) is 1. The van der Waals surface area contributed by atoms with Gasteiger partial charge in [0.2, 0.25) is 0 Å². The van der Waals surface area contributed by atoms with Gasteiger partial charge in [0, 0.05) is 6.54 Å². The molecule has 0 aliphatic carbocycles. The molecule has 3 rings (SSSR count). The van der Waals surface area contributed by atoms with E-state index in [2.05, 4.69) is 25.1 Å². The fourth-order valence-electron chi connectivity index (χ4n) is 2.48. The Balaban J connectivity index is 0.000000229. The molecule has 0 saturated carbocycles. The van der Waals surface area contributed by atoms with Crippen molar-refractivity contribution in [1.29, 1.82) is 0 Å².